The number of halogens is 1. The van der Waals surface area contributed by atoms with Gasteiger partial charge in [0, 0.05) is 18.3 Å². The maximum atomic E-state index is 12.2. The molecule has 0 fully saturated rings. The van der Waals surface area contributed by atoms with Crippen molar-refractivity contribution in [1.29, 1.82) is 5.26 Å². The van der Waals surface area contributed by atoms with Gasteiger partial charge >= 0.3 is 0 Å². The maximum absolute atomic E-state index is 12.2. The highest BCUT2D eigenvalue weighted by molar-refractivity contribution is 6.29. The number of amides is 1. The van der Waals surface area contributed by atoms with Crippen LogP contribution in [0.1, 0.15) is 42.7 Å². The molecule has 96 valence electrons. The summed E-state index contributed by atoms with van der Waals surface area (Å²) >= 11 is 5.91. The first kappa shape index (κ1) is 14.5. The fourth-order valence-corrected chi connectivity index (χ4v) is 1.62. The summed E-state index contributed by atoms with van der Waals surface area (Å²) in [5.74, 6) is -0.0378. The lowest BCUT2D eigenvalue weighted by atomic mass is 10.1. The van der Waals surface area contributed by atoms with E-state index in [4.69, 9.17) is 16.9 Å². The van der Waals surface area contributed by atoms with E-state index in [0.717, 1.165) is 5.69 Å². The lowest BCUT2D eigenvalue weighted by Gasteiger charge is -2.20. The van der Waals surface area contributed by atoms with Gasteiger partial charge in [-0.25, -0.2) is 4.98 Å². The maximum Gasteiger partial charge on any atom is 0.254 e. The highest BCUT2D eigenvalue weighted by atomic mass is 35.5. The molecular weight excluding hydrogens is 250 g/mol. The highest BCUT2D eigenvalue weighted by Crippen LogP contribution is 2.19. The molecular formula is C13H16ClN3O. The summed E-state index contributed by atoms with van der Waals surface area (Å²) in [6.07, 6.45) is 0. The first-order chi connectivity index (χ1) is 8.36. The van der Waals surface area contributed by atoms with Crippen LogP contribution in [0.5, 0.6) is 0 Å². The van der Waals surface area contributed by atoms with Gasteiger partial charge in [0.2, 0.25) is 0 Å². The van der Waals surface area contributed by atoms with Crippen LogP contribution in [-0.4, -0.2) is 28.9 Å². The molecule has 1 heterocycles. The summed E-state index contributed by atoms with van der Waals surface area (Å²) in [4.78, 5) is 17.7. The Hall–Kier alpha value is -1.60. The smallest absolute Gasteiger partial charge is 0.254 e. The molecule has 1 aromatic heterocycles. The van der Waals surface area contributed by atoms with Crippen LogP contribution in [-0.2, 0) is 0 Å². The zero-order valence-electron chi connectivity index (χ0n) is 10.9. The zero-order valence-corrected chi connectivity index (χ0v) is 11.7. The van der Waals surface area contributed by atoms with E-state index in [1.54, 1.807) is 20.0 Å². The Labute approximate surface area is 112 Å². The Kier molecular flexibility index (Phi) is 4.69. The molecule has 0 radical (unpaired) electrons. The van der Waals surface area contributed by atoms with Gasteiger partial charge in [0.1, 0.15) is 11.2 Å². The molecule has 0 saturated carbocycles. The van der Waals surface area contributed by atoms with E-state index < -0.39 is 6.04 Å². The molecule has 0 spiro atoms. The molecule has 0 saturated heterocycles. The van der Waals surface area contributed by atoms with E-state index in [-0.39, 0.29) is 11.8 Å². The second kappa shape index (κ2) is 5.83. The second-order valence-electron chi connectivity index (χ2n) is 4.48. The summed E-state index contributed by atoms with van der Waals surface area (Å²) in [5.41, 5.74) is 1.23. The van der Waals surface area contributed by atoms with Gasteiger partial charge in [-0.15, -0.1) is 0 Å². The molecule has 0 N–H and O–H groups in total. The number of carbonyl (C=O) groups is 1. The summed E-state index contributed by atoms with van der Waals surface area (Å²) < 4.78 is 0. The molecule has 18 heavy (non-hydrogen) atoms. The van der Waals surface area contributed by atoms with Gasteiger partial charge < -0.3 is 4.90 Å². The summed E-state index contributed by atoms with van der Waals surface area (Å²) in [7, 11) is 1.60. The molecule has 1 unspecified atom stereocenters. The van der Waals surface area contributed by atoms with Crippen LogP contribution in [0.2, 0.25) is 5.15 Å². The number of nitrogens with zero attached hydrogens (tertiary/aromatic N) is 3. The number of pyridine rings is 1. The van der Waals surface area contributed by atoms with Crippen LogP contribution < -0.4 is 0 Å². The van der Waals surface area contributed by atoms with E-state index in [2.05, 4.69) is 4.98 Å². The van der Waals surface area contributed by atoms with E-state index in [1.807, 2.05) is 19.9 Å². The van der Waals surface area contributed by atoms with Crippen molar-refractivity contribution in [1.82, 2.24) is 9.88 Å². The molecule has 5 heteroatoms. The van der Waals surface area contributed by atoms with Crippen molar-refractivity contribution in [2.45, 2.75) is 32.7 Å². The van der Waals surface area contributed by atoms with Gasteiger partial charge in [0.25, 0.3) is 5.91 Å². The zero-order chi connectivity index (χ0) is 13.9. The topological polar surface area (TPSA) is 57.0 Å². The summed E-state index contributed by atoms with van der Waals surface area (Å²) in [6.45, 7) is 5.63. The van der Waals surface area contributed by atoms with Gasteiger partial charge in [-0.1, -0.05) is 25.4 Å². The van der Waals surface area contributed by atoms with Crippen LogP contribution in [0.25, 0.3) is 0 Å². The minimum absolute atomic E-state index is 0.189. The first-order valence-electron chi connectivity index (χ1n) is 5.71. The number of aromatic nitrogens is 1. The Bertz CT molecular complexity index is 493. The van der Waals surface area contributed by atoms with Gasteiger partial charge in [-0.2, -0.15) is 5.26 Å². The van der Waals surface area contributed by atoms with Crippen molar-refractivity contribution in [3.8, 4) is 6.07 Å². The number of hydrogen-bond acceptors (Lipinski definition) is 3. The van der Waals surface area contributed by atoms with E-state index in [9.17, 15) is 4.79 Å². The van der Waals surface area contributed by atoms with Gasteiger partial charge in [0.05, 0.1) is 6.07 Å². The average molecular weight is 266 g/mol. The lowest BCUT2D eigenvalue weighted by Crippen LogP contribution is -2.34. The SMILES string of the molecule is CC(C)c1cc(C(=O)N(C)C(C)C#N)cc(Cl)n1. The molecule has 1 atom stereocenters. The number of carbonyl (C=O) groups excluding carboxylic acids is 1. The van der Waals surface area contributed by atoms with Crippen LogP contribution in [0.15, 0.2) is 12.1 Å². The van der Waals surface area contributed by atoms with Gasteiger partial charge in [0.15, 0.2) is 0 Å². The molecule has 0 aliphatic heterocycles. The third-order valence-corrected chi connectivity index (χ3v) is 2.93. The Morgan fingerprint density at radius 2 is 2.06 bits per heavy atom. The predicted octanol–water partition coefficient (Wildman–Crippen LogP) is 2.84. The fourth-order valence-electron chi connectivity index (χ4n) is 1.40. The van der Waals surface area contributed by atoms with Crippen molar-refractivity contribution >= 4 is 17.5 Å². The van der Waals surface area contributed by atoms with E-state index >= 15 is 0 Å². The Balaban J connectivity index is 3.10. The molecule has 0 aliphatic rings. The van der Waals surface area contributed by atoms with Crippen molar-refractivity contribution in [2.75, 3.05) is 7.05 Å². The van der Waals surface area contributed by atoms with Gasteiger partial charge in [-0.3, -0.25) is 4.79 Å². The third-order valence-electron chi connectivity index (χ3n) is 2.74. The van der Waals surface area contributed by atoms with E-state index in [0.29, 0.717) is 10.7 Å². The minimum atomic E-state index is -0.480. The molecule has 4 nitrogen and oxygen atoms in total. The summed E-state index contributed by atoms with van der Waals surface area (Å²) in [6, 6.07) is 4.79. The van der Waals surface area contributed by atoms with Crippen molar-refractivity contribution in [2.24, 2.45) is 0 Å². The summed E-state index contributed by atoms with van der Waals surface area (Å²) in [5, 5.41) is 9.11. The number of hydrogen-bond donors (Lipinski definition) is 0. The van der Waals surface area contributed by atoms with Crippen LogP contribution in [0.3, 0.4) is 0 Å². The van der Waals surface area contributed by atoms with Crippen LogP contribution >= 0.6 is 11.6 Å². The standard InChI is InChI=1S/C13H16ClN3O/c1-8(2)11-5-10(6-12(14)16-11)13(18)17(4)9(3)7-15/h5-6,8-9H,1-4H3. The quantitative estimate of drug-likeness (QED) is 0.790. The third kappa shape index (κ3) is 3.21. The van der Waals surface area contributed by atoms with Crippen molar-refractivity contribution in [3.05, 3.63) is 28.5 Å². The van der Waals surface area contributed by atoms with Crippen LogP contribution in [0, 0.1) is 11.3 Å². The predicted molar refractivity (Wildman–Crippen MR) is 70.5 cm³/mol. The molecule has 0 aromatic carbocycles. The first-order valence-corrected chi connectivity index (χ1v) is 6.09. The Morgan fingerprint density at radius 1 is 1.44 bits per heavy atom. The van der Waals surface area contributed by atoms with Gasteiger partial charge in [-0.05, 0) is 25.0 Å². The monoisotopic (exact) mass is 265 g/mol. The normalized spacial score (nSPS) is 12.1. The van der Waals surface area contributed by atoms with Crippen LogP contribution in [0.4, 0.5) is 0 Å². The lowest BCUT2D eigenvalue weighted by molar-refractivity contribution is 0.0773. The second-order valence-corrected chi connectivity index (χ2v) is 4.87. The molecule has 1 amide bonds. The van der Waals surface area contributed by atoms with Crippen molar-refractivity contribution < 1.29 is 4.79 Å². The minimum Gasteiger partial charge on any atom is -0.326 e. The molecule has 0 bridgehead atoms. The van der Waals surface area contributed by atoms with E-state index in [1.165, 1.54) is 11.0 Å². The van der Waals surface area contributed by atoms with Crippen molar-refractivity contribution in [3.63, 3.8) is 0 Å². The molecule has 1 aromatic rings. The average Bonchev–Trinajstić information content (AvgIpc) is 2.35. The highest BCUT2D eigenvalue weighted by Gasteiger charge is 2.18. The molecule has 1 rings (SSSR count). The molecule has 0 aliphatic carbocycles. The fraction of sp³-hybridized carbons (Fsp3) is 0.462. The largest absolute Gasteiger partial charge is 0.326 e. The number of nitriles is 1. The Morgan fingerprint density at radius 3 is 2.56 bits per heavy atom. The number of rotatable bonds is 3.